The summed E-state index contributed by atoms with van der Waals surface area (Å²) in [6.07, 6.45) is 2.05. The monoisotopic (exact) mass is 227 g/mol. The van der Waals surface area contributed by atoms with Gasteiger partial charge in [0.15, 0.2) is 0 Å². The minimum Gasteiger partial charge on any atom is -0.316 e. The summed E-state index contributed by atoms with van der Waals surface area (Å²) in [6.45, 7) is 4.09. The van der Waals surface area contributed by atoms with Gasteiger partial charge in [0, 0.05) is 12.1 Å². The largest absolute Gasteiger partial charge is 0.316 e. The molecule has 16 heavy (non-hydrogen) atoms. The van der Waals surface area contributed by atoms with Crippen molar-refractivity contribution in [2.24, 2.45) is 0 Å². The van der Waals surface area contributed by atoms with Crippen LogP contribution in [0.25, 0.3) is 0 Å². The molecule has 0 spiro atoms. The van der Waals surface area contributed by atoms with Crippen LogP contribution in [0.15, 0.2) is 18.2 Å². The fourth-order valence-electron chi connectivity index (χ4n) is 2.03. The molecule has 1 aromatic rings. The van der Waals surface area contributed by atoms with Crippen molar-refractivity contribution in [3.8, 4) is 0 Å². The third-order valence-electron chi connectivity index (χ3n) is 2.98. The Labute approximate surface area is 95.9 Å². The van der Waals surface area contributed by atoms with Crippen molar-refractivity contribution in [2.45, 2.75) is 38.6 Å². The molecule has 0 saturated heterocycles. The van der Waals surface area contributed by atoms with E-state index >= 15 is 0 Å². The fourth-order valence-corrected chi connectivity index (χ4v) is 2.03. The zero-order valence-electron chi connectivity index (χ0n) is 10.1. The van der Waals surface area contributed by atoms with Gasteiger partial charge in [0.1, 0.15) is 11.6 Å². The Kier molecular flexibility index (Phi) is 4.87. The van der Waals surface area contributed by atoms with Gasteiger partial charge in [0.05, 0.1) is 0 Å². The lowest BCUT2D eigenvalue weighted by molar-refractivity contribution is 0.447. The SMILES string of the molecule is CCCC(NC)C(C)c1cc(F)cc(F)c1. The molecule has 0 fully saturated rings. The summed E-state index contributed by atoms with van der Waals surface area (Å²) in [5.41, 5.74) is 0.713. The van der Waals surface area contributed by atoms with Gasteiger partial charge >= 0.3 is 0 Å². The van der Waals surface area contributed by atoms with E-state index in [0.29, 0.717) is 5.56 Å². The summed E-state index contributed by atoms with van der Waals surface area (Å²) >= 11 is 0. The first-order chi connectivity index (χ1) is 7.58. The first-order valence-corrected chi connectivity index (χ1v) is 5.71. The number of benzene rings is 1. The molecule has 0 bridgehead atoms. The fraction of sp³-hybridized carbons (Fsp3) is 0.538. The van der Waals surface area contributed by atoms with Crippen molar-refractivity contribution in [2.75, 3.05) is 7.05 Å². The lowest BCUT2D eigenvalue weighted by Crippen LogP contribution is -2.30. The van der Waals surface area contributed by atoms with Crippen LogP contribution in [0.5, 0.6) is 0 Å². The molecule has 0 amide bonds. The minimum atomic E-state index is -0.506. The van der Waals surface area contributed by atoms with Crippen LogP contribution in [-0.4, -0.2) is 13.1 Å². The lowest BCUT2D eigenvalue weighted by atomic mass is 9.90. The molecular formula is C13H19F2N. The molecule has 0 aliphatic heterocycles. The predicted molar refractivity (Wildman–Crippen MR) is 62.5 cm³/mol. The Bertz CT molecular complexity index is 318. The first-order valence-electron chi connectivity index (χ1n) is 5.71. The second kappa shape index (κ2) is 5.94. The summed E-state index contributed by atoms with van der Waals surface area (Å²) in [5, 5.41) is 3.20. The third kappa shape index (κ3) is 3.27. The normalized spacial score (nSPS) is 14.8. The number of rotatable bonds is 5. The van der Waals surface area contributed by atoms with Gasteiger partial charge in [0.2, 0.25) is 0 Å². The second-order valence-corrected chi connectivity index (χ2v) is 4.18. The maximum Gasteiger partial charge on any atom is 0.126 e. The van der Waals surface area contributed by atoms with Gasteiger partial charge in [-0.05, 0) is 37.1 Å². The van der Waals surface area contributed by atoms with Gasteiger partial charge in [-0.3, -0.25) is 0 Å². The minimum absolute atomic E-state index is 0.107. The van der Waals surface area contributed by atoms with E-state index in [1.807, 2.05) is 14.0 Å². The number of nitrogens with one attached hydrogen (secondary N) is 1. The average molecular weight is 227 g/mol. The molecule has 0 aliphatic rings. The van der Waals surface area contributed by atoms with E-state index in [-0.39, 0.29) is 12.0 Å². The summed E-state index contributed by atoms with van der Waals surface area (Å²) in [6, 6.07) is 3.98. The Morgan fingerprint density at radius 1 is 1.19 bits per heavy atom. The lowest BCUT2D eigenvalue weighted by Gasteiger charge is -2.23. The van der Waals surface area contributed by atoms with Crippen LogP contribution < -0.4 is 5.32 Å². The number of hydrogen-bond donors (Lipinski definition) is 1. The van der Waals surface area contributed by atoms with E-state index in [1.54, 1.807) is 0 Å². The molecule has 0 heterocycles. The van der Waals surface area contributed by atoms with Crippen molar-refractivity contribution in [1.82, 2.24) is 5.32 Å². The highest BCUT2D eigenvalue weighted by atomic mass is 19.1. The zero-order chi connectivity index (χ0) is 12.1. The molecule has 1 nitrogen and oxygen atoms in total. The highest BCUT2D eigenvalue weighted by Gasteiger charge is 2.17. The van der Waals surface area contributed by atoms with Gasteiger partial charge in [-0.25, -0.2) is 8.78 Å². The topological polar surface area (TPSA) is 12.0 Å². The number of halogens is 2. The Hall–Kier alpha value is -0.960. The summed E-state index contributed by atoms with van der Waals surface area (Å²) in [7, 11) is 1.88. The molecule has 0 aliphatic carbocycles. The molecule has 1 N–H and O–H groups in total. The first kappa shape index (κ1) is 13.1. The van der Waals surface area contributed by atoms with Crippen molar-refractivity contribution in [3.63, 3.8) is 0 Å². The molecule has 0 saturated carbocycles. The van der Waals surface area contributed by atoms with Gasteiger partial charge in [0.25, 0.3) is 0 Å². The van der Waals surface area contributed by atoms with Crippen LogP contribution in [0, 0.1) is 11.6 Å². The second-order valence-electron chi connectivity index (χ2n) is 4.18. The predicted octanol–water partition coefficient (Wildman–Crippen LogP) is 3.46. The summed E-state index contributed by atoms with van der Waals surface area (Å²) in [5.74, 6) is -0.906. The summed E-state index contributed by atoms with van der Waals surface area (Å²) in [4.78, 5) is 0. The van der Waals surface area contributed by atoms with E-state index in [1.165, 1.54) is 12.1 Å². The quantitative estimate of drug-likeness (QED) is 0.812. The van der Waals surface area contributed by atoms with Gasteiger partial charge in [-0.15, -0.1) is 0 Å². The Balaban J connectivity index is 2.89. The van der Waals surface area contributed by atoms with Crippen LogP contribution in [0.4, 0.5) is 8.78 Å². The zero-order valence-corrected chi connectivity index (χ0v) is 10.1. The highest BCUT2D eigenvalue weighted by Crippen LogP contribution is 2.23. The summed E-state index contributed by atoms with van der Waals surface area (Å²) < 4.78 is 26.2. The third-order valence-corrected chi connectivity index (χ3v) is 2.98. The molecule has 90 valence electrons. The molecular weight excluding hydrogens is 208 g/mol. The molecule has 2 unspecified atom stereocenters. The Morgan fingerprint density at radius 2 is 1.75 bits per heavy atom. The van der Waals surface area contributed by atoms with Gasteiger partial charge in [-0.1, -0.05) is 20.3 Å². The molecule has 3 heteroatoms. The van der Waals surface area contributed by atoms with Crippen molar-refractivity contribution >= 4 is 0 Å². The molecule has 1 aromatic carbocycles. The van der Waals surface area contributed by atoms with Crippen LogP contribution >= 0.6 is 0 Å². The van der Waals surface area contributed by atoms with E-state index in [4.69, 9.17) is 0 Å². The molecule has 2 atom stereocenters. The molecule has 0 radical (unpaired) electrons. The van der Waals surface area contributed by atoms with Crippen molar-refractivity contribution in [3.05, 3.63) is 35.4 Å². The van der Waals surface area contributed by atoms with E-state index in [2.05, 4.69) is 12.2 Å². The van der Waals surface area contributed by atoms with Crippen LogP contribution in [0.1, 0.15) is 38.2 Å². The Morgan fingerprint density at radius 3 is 2.19 bits per heavy atom. The standard InChI is InChI=1S/C13H19F2N/c1-4-5-13(16-3)9(2)10-6-11(14)8-12(15)7-10/h6-9,13,16H,4-5H2,1-3H3. The van der Waals surface area contributed by atoms with E-state index in [9.17, 15) is 8.78 Å². The van der Waals surface area contributed by atoms with Crippen LogP contribution in [0.2, 0.25) is 0 Å². The maximum absolute atomic E-state index is 13.1. The molecule has 0 aromatic heterocycles. The van der Waals surface area contributed by atoms with Crippen LogP contribution in [0.3, 0.4) is 0 Å². The highest BCUT2D eigenvalue weighted by molar-refractivity contribution is 5.22. The van der Waals surface area contributed by atoms with Gasteiger partial charge < -0.3 is 5.32 Å². The van der Waals surface area contributed by atoms with E-state index < -0.39 is 11.6 Å². The maximum atomic E-state index is 13.1. The smallest absolute Gasteiger partial charge is 0.126 e. The van der Waals surface area contributed by atoms with Crippen LogP contribution in [-0.2, 0) is 0 Å². The number of likely N-dealkylation sites (N-methyl/N-ethyl adjacent to an activating group) is 1. The number of hydrogen-bond acceptors (Lipinski definition) is 1. The molecule has 1 rings (SSSR count). The van der Waals surface area contributed by atoms with Crippen molar-refractivity contribution < 1.29 is 8.78 Å². The van der Waals surface area contributed by atoms with Gasteiger partial charge in [-0.2, -0.15) is 0 Å². The average Bonchev–Trinajstić information content (AvgIpc) is 2.23. The van der Waals surface area contributed by atoms with E-state index in [0.717, 1.165) is 18.9 Å². The van der Waals surface area contributed by atoms with Crippen molar-refractivity contribution in [1.29, 1.82) is 0 Å².